The van der Waals surface area contributed by atoms with Crippen LogP contribution in [-0.2, 0) is 9.59 Å². The average Bonchev–Trinajstić information content (AvgIpc) is 2.24. The highest BCUT2D eigenvalue weighted by Gasteiger charge is 2.67. The van der Waals surface area contributed by atoms with Gasteiger partial charge in [-0.05, 0) is 31.4 Å². The summed E-state index contributed by atoms with van der Waals surface area (Å²) in [5.74, 6) is 0. The molecule has 0 saturated carbocycles. The molecule has 0 spiro atoms. The number of alkyl halides is 8. The number of hydrogen-bond acceptors (Lipinski definition) is 5. The van der Waals surface area contributed by atoms with Crippen molar-refractivity contribution in [1.82, 2.24) is 0 Å². The van der Waals surface area contributed by atoms with Gasteiger partial charge in [-0.15, -0.1) is 0 Å². The van der Waals surface area contributed by atoms with Crippen LogP contribution in [0, 0.1) is 0 Å². The molecular weight excluding hydrogens is 390 g/mol. The Hall–Kier alpha value is -0.310. The van der Waals surface area contributed by atoms with E-state index in [1.165, 1.54) is 0 Å². The third kappa shape index (κ3) is 4.34. The SMILES string of the molecule is O=C(F)C(F)(SSSC(F)(C(=O)F)C(F)(F)F)C(F)(F)F. The van der Waals surface area contributed by atoms with Gasteiger partial charge in [-0.1, -0.05) is 0 Å². The zero-order valence-corrected chi connectivity index (χ0v) is 11.3. The Kier molecular flexibility index (Phi) is 6.34. The van der Waals surface area contributed by atoms with Gasteiger partial charge in [0, 0.05) is 0 Å². The normalized spacial score (nSPS) is 18.8. The molecule has 0 N–H and O–H groups in total. The molecule has 0 bridgehead atoms. The fourth-order valence-corrected chi connectivity index (χ4v) is 4.65. The molecule has 0 aliphatic rings. The van der Waals surface area contributed by atoms with Crippen molar-refractivity contribution < 1.29 is 53.5 Å². The van der Waals surface area contributed by atoms with Crippen LogP contribution in [0.3, 0.4) is 0 Å². The molecule has 0 aliphatic carbocycles. The molecule has 0 aliphatic heterocycles. The van der Waals surface area contributed by atoms with E-state index in [0.29, 0.717) is 0 Å². The first-order valence-electron chi connectivity index (χ1n) is 4.04. The summed E-state index contributed by atoms with van der Waals surface area (Å²) in [5.41, 5.74) is 0. The lowest BCUT2D eigenvalue weighted by molar-refractivity contribution is -0.203. The quantitative estimate of drug-likeness (QED) is 0.380. The highest BCUT2D eigenvalue weighted by molar-refractivity contribution is 9.10. The molecule has 0 aromatic carbocycles. The molecule has 2 atom stereocenters. The van der Waals surface area contributed by atoms with Crippen LogP contribution in [0.25, 0.3) is 0 Å². The largest absolute Gasteiger partial charge is 0.443 e. The van der Waals surface area contributed by atoms with E-state index in [-0.39, 0.29) is 0 Å². The first kappa shape index (κ1) is 20.7. The van der Waals surface area contributed by atoms with Gasteiger partial charge >= 0.3 is 34.4 Å². The standard InChI is InChI=1S/C6F10O2S3/c7-1(17)3(9,5(11,12)13)19-21-20-4(10,2(8)18)6(14,15)16. The topological polar surface area (TPSA) is 34.1 Å². The molecular formula is C6F10O2S3. The molecule has 0 aromatic heterocycles. The van der Waals surface area contributed by atoms with E-state index >= 15 is 0 Å². The average molecular weight is 390 g/mol. The first-order chi connectivity index (χ1) is 9.09. The van der Waals surface area contributed by atoms with E-state index in [0.717, 1.165) is 0 Å². The van der Waals surface area contributed by atoms with E-state index in [4.69, 9.17) is 0 Å². The lowest BCUT2D eigenvalue weighted by Gasteiger charge is -2.24. The van der Waals surface area contributed by atoms with Crippen LogP contribution in [0.15, 0.2) is 0 Å². The minimum absolute atomic E-state index is 1.10. The Morgan fingerprint density at radius 2 is 0.857 bits per heavy atom. The summed E-state index contributed by atoms with van der Waals surface area (Å²) in [4.78, 5) is 19.9. The Morgan fingerprint density at radius 1 is 0.619 bits per heavy atom. The fraction of sp³-hybridized carbons (Fsp3) is 0.667. The molecule has 21 heavy (non-hydrogen) atoms. The second-order valence-corrected chi connectivity index (χ2v) is 7.20. The van der Waals surface area contributed by atoms with Gasteiger partial charge in [0.25, 0.3) is 0 Å². The van der Waals surface area contributed by atoms with Crippen molar-refractivity contribution in [3.63, 3.8) is 0 Å². The highest BCUT2D eigenvalue weighted by Crippen LogP contribution is 2.58. The summed E-state index contributed by atoms with van der Waals surface area (Å²) in [7, 11) is -4.09. The Bertz CT molecular complexity index is 384. The zero-order chi connectivity index (χ0) is 17.3. The number of rotatable bonds is 6. The van der Waals surface area contributed by atoms with Crippen molar-refractivity contribution in [3.8, 4) is 0 Å². The molecule has 2 nitrogen and oxygen atoms in total. The van der Waals surface area contributed by atoms with E-state index in [2.05, 4.69) is 0 Å². The third-order valence-corrected chi connectivity index (χ3v) is 5.92. The van der Waals surface area contributed by atoms with Gasteiger partial charge in [0.15, 0.2) is 0 Å². The lowest BCUT2D eigenvalue weighted by Crippen LogP contribution is -2.44. The van der Waals surface area contributed by atoms with Crippen LogP contribution < -0.4 is 0 Å². The minimum atomic E-state index is -6.17. The van der Waals surface area contributed by atoms with Crippen molar-refractivity contribution in [1.29, 1.82) is 0 Å². The smallest absolute Gasteiger partial charge is 0.256 e. The number of hydrogen-bond donors (Lipinski definition) is 0. The maximum Gasteiger partial charge on any atom is 0.443 e. The van der Waals surface area contributed by atoms with Gasteiger partial charge in [-0.2, -0.15) is 35.1 Å². The summed E-state index contributed by atoms with van der Waals surface area (Å²) in [6, 6.07) is -7.23. The molecule has 0 saturated heterocycles. The number of carbonyl (C=O) groups is 2. The Morgan fingerprint density at radius 3 is 1.00 bits per heavy atom. The zero-order valence-electron chi connectivity index (χ0n) is 8.82. The van der Waals surface area contributed by atoms with Crippen LogP contribution >= 0.6 is 31.4 Å². The summed E-state index contributed by atoms with van der Waals surface area (Å²) >= 11 is 0. The van der Waals surface area contributed by atoms with Crippen LogP contribution in [0.4, 0.5) is 43.9 Å². The lowest BCUT2D eigenvalue weighted by atomic mass is 10.4. The second kappa shape index (κ2) is 6.44. The molecule has 0 amide bonds. The van der Waals surface area contributed by atoms with Crippen LogP contribution in [0.2, 0.25) is 0 Å². The predicted molar refractivity (Wildman–Crippen MR) is 54.8 cm³/mol. The molecule has 2 unspecified atom stereocenters. The van der Waals surface area contributed by atoms with Crippen molar-refractivity contribution in [2.45, 2.75) is 22.4 Å². The number of carbonyl (C=O) groups excluding carboxylic acids is 2. The molecule has 0 heterocycles. The van der Waals surface area contributed by atoms with E-state index in [1.54, 1.807) is 0 Å². The van der Waals surface area contributed by atoms with Crippen LogP contribution in [0.5, 0.6) is 0 Å². The highest BCUT2D eigenvalue weighted by atomic mass is 33.5. The van der Waals surface area contributed by atoms with Crippen molar-refractivity contribution >= 4 is 43.5 Å². The van der Waals surface area contributed by atoms with E-state index in [1.807, 2.05) is 0 Å². The van der Waals surface area contributed by atoms with Gasteiger partial charge in [-0.3, -0.25) is 9.59 Å². The molecule has 124 valence electrons. The second-order valence-electron chi connectivity index (χ2n) is 2.97. The molecule has 15 heteroatoms. The third-order valence-electron chi connectivity index (χ3n) is 1.53. The summed E-state index contributed by atoms with van der Waals surface area (Å²) < 4.78 is 122. The minimum Gasteiger partial charge on any atom is -0.256 e. The maximum absolute atomic E-state index is 13.0. The predicted octanol–water partition coefficient (Wildman–Crippen LogP) is 4.46. The Labute approximate surface area is 120 Å². The van der Waals surface area contributed by atoms with Gasteiger partial charge in [0.1, 0.15) is 0 Å². The van der Waals surface area contributed by atoms with Gasteiger partial charge in [-0.25, -0.2) is 8.78 Å². The monoisotopic (exact) mass is 390 g/mol. The van der Waals surface area contributed by atoms with Crippen molar-refractivity contribution in [3.05, 3.63) is 0 Å². The van der Waals surface area contributed by atoms with Crippen molar-refractivity contribution in [2.24, 2.45) is 0 Å². The summed E-state index contributed by atoms with van der Waals surface area (Å²) in [6.07, 6.45) is -12.3. The first-order valence-corrected chi connectivity index (χ1v) is 7.52. The molecule has 0 fully saturated rings. The van der Waals surface area contributed by atoms with Gasteiger partial charge in [0.2, 0.25) is 0 Å². The van der Waals surface area contributed by atoms with E-state index in [9.17, 15) is 53.5 Å². The summed E-state index contributed by atoms with van der Waals surface area (Å²) in [6.45, 7) is 0. The van der Waals surface area contributed by atoms with Crippen LogP contribution in [0.1, 0.15) is 0 Å². The Balaban J connectivity index is 5.10. The fourth-order valence-electron chi connectivity index (χ4n) is 0.494. The van der Waals surface area contributed by atoms with Crippen molar-refractivity contribution in [2.75, 3.05) is 0 Å². The summed E-state index contributed by atoms with van der Waals surface area (Å²) in [5, 5.41) is -10.6. The van der Waals surface area contributed by atoms with Gasteiger partial charge < -0.3 is 0 Å². The van der Waals surface area contributed by atoms with Crippen LogP contribution in [-0.4, -0.2) is 34.4 Å². The molecule has 0 aromatic rings. The molecule has 0 radical (unpaired) electrons. The number of halogens is 10. The maximum atomic E-state index is 13.0. The van der Waals surface area contributed by atoms with Gasteiger partial charge in [0.05, 0.1) is 0 Å². The van der Waals surface area contributed by atoms with E-state index < -0.39 is 65.8 Å². The molecule has 0 rings (SSSR count).